The molecule has 148 valence electrons. The molecule has 4 aliphatic carbocycles. The van der Waals surface area contributed by atoms with Crippen LogP contribution in [-0.2, 0) is 4.79 Å². The van der Waals surface area contributed by atoms with Crippen LogP contribution in [0.3, 0.4) is 0 Å². The van der Waals surface area contributed by atoms with Gasteiger partial charge >= 0.3 is 0 Å². The maximum atomic E-state index is 12.4. The highest BCUT2D eigenvalue weighted by molar-refractivity contribution is 5.89. The van der Waals surface area contributed by atoms with Gasteiger partial charge in [-0.15, -0.1) is 0 Å². The van der Waals surface area contributed by atoms with E-state index in [0.29, 0.717) is 24.7 Å². The Hall–Kier alpha value is -0.490. The van der Waals surface area contributed by atoms with Crippen molar-refractivity contribution in [2.45, 2.75) is 83.0 Å². The Morgan fingerprint density at radius 1 is 1.08 bits per heavy atom. The molecule has 9 atom stereocenters. The smallest absolute Gasteiger partial charge is 0.190 e. The molecule has 4 aliphatic rings. The van der Waals surface area contributed by atoms with Crippen molar-refractivity contribution >= 4 is 5.78 Å². The first kappa shape index (κ1) is 18.9. The molecule has 0 aromatic rings. The lowest BCUT2D eigenvalue weighted by molar-refractivity contribution is -0.202. The lowest BCUT2D eigenvalue weighted by Gasteiger charge is -2.62. The summed E-state index contributed by atoms with van der Waals surface area (Å²) in [5, 5.41) is 41.9. The number of fused-ring (bicyclic) bond motifs is 5. The molecule has 4 N–H and O–H groups in total. The minimum absolute atomic E-state index is 0.0323. The van der Waals surface area contributed by atoms with Crippen LogP contribution in [0.2, 0.25) is 0 Å². The highest BCUT2D eigenvalue weighted by atomic mass is 16.3. The highest BCUT2D eigenvalue weighted by Crippen LogP contribution is 2.68. The average molecular weight is 366 g/mol. The van der Waals surface area contributed by atoms with E-state index in [4.69, 9.17) is 0 Å². The molecule has 5 unspecified atom stereocenters. The number of carbonyl (C=O) groups excluding carboxylic acids is 1. The summed E-state index contributed by atoms with van der Waals surface area (Å²) in [6, 6.07) is 0. The normalized spacial score (nSPS) is 56.4. The zero-order chi connectivity index (χ0) is 18.9. The maximum Gasteiger partial charge on any atom is 0.190 e. The fourth-order valence-corrected chi connectivity index (χ4v) is 7.95. The molecule has 0 radical (unpaired) electrons. The first-order chi connectivity index (χ1) is 12.2. The van der Waals surface area contributed by atoms with Crippen LogP contribution in [0.1, 0.15) is 65.2 Å². The summed E-state index contributed by atoms with van der Waals surface area (Å²) in [6.45, 7) is 3.61. The number of rotatable bonds is 2. The fourth-order valence-electron chi connectivity index (χ4n) is 7.95. The van der Waals surface area contributed by atoms with Crippen molar-refractivity contribution in [2.24, 2.45) is 34.5 Å². The molecule has 4 rings (SSSR count). The summed E-state index contributed by atoms with van der Waals surface area (Å²) < 4.78 is 0. The molecule has 26 heavy (non-hydrogen) atoms. The molecular formula is C21H34O5. The van der Waals surface area contributed by atoms with E-state index in [0.717, 1.165) is 38.5 Å². The van der Waals surface area contributed by atoms with Crippen LogP contribution in [0.5, 0.6) is 0 Å². The summed E-state index contributed by atoms with van der Waals surface area (Å²) in [4.78, 5) is 12.4. The number of aliphatic hydroxyl groups excluding tert-OH is 3. The second-order valence-electron chi connectivity index (χ2n) is 10.2. The molecular weight excluding hydrogens is 332 g/mol. The van der Waals surface area contributed by atoms with Crippen LogP contribution in [-0.4, -0.2) is 50.6 Å². The van der Waals surface area contributed by atoms with E-state index >= 15 is 0 Å². The average Bonchev–Trinajstić information content (AvgIpc) is 2.86. The quantitative estimate of drug-likeness (QED) is 0.596. The molecule has 0 aromatic carbocycles. The van der Waals surface area contributed by atoms with Crippen molar-refractivity contribution in [1.82, 2.24) is 0 Å². The number of Topliss-reactive ketones (excluding diaryl/α,β-unsaturated/α-hetero) is 1. The van der Waals surface area contributed by atoms with Gasteiger partial charge in [0.15, 0.2) is 5.78 Å². The Morgan fingerprint density at radius 2 is 1.81 bits per heavy atom. The lowest BCUT2D eigenvalue weighted by atomic mass is 9.43. The Bertz CT molecular complexity index is 593. The van der Waals surface area contributed by atoms with Crippen molar-refractivity contribution in [3.05, 3.63) is 0 Å². The third-order valence-corrected chi connectivity index (χ3v) is 9.33. The van der Waals surface area contributed by atoms with E-state index < -0.39 is 29.5 Å². The summed E-state index contributed by atoms with van der Waals surface area (Å²) in [5.41, 5.74) is -2.14. The summed E-state index contributed by atoms with van der Waals surface area (Å²) in [6.07, 6.45) is 5.48. The Balaban J connectivity index is 1.69. The first-order valence-corrected chi connectivity index (χ1v) is 10.4. The van der Waals surface area contributed by atoms with E-state index in [2.05, 4.69) is 6.92 Å². The van der Waals surface area contributed by atoms with Gasteiger partial charge in [0, 0.05) is 5.41 Å². The van der Waals surface area contributed by atoms with Gasteiger partial charge in [-0.25, -0.2) is 0 Å². The molecule has 0 bridgehead atoms. The van der Waals surface area contributed by atoms with Gasteiger partial charge in [-0.05, 0) is 80.5 Å². The van der Waals surface area contributed by atoms with Gasteiger partial charge in [0.05, 0.1) is 12.2 Å². The van der Waals surface area contributed by atoms with Crippen molar-refractivity contribution in [3.63, 3.8) is 0 Å². The predicted molar refractivity (Wildman–Crippen MR) is 96.2 cm³/mol. The van der Waals surface area contributed by atoms with Crippen LogP contribution in [0.25, 0.3) is 0 Å². The Labute approximate surface area is 155 Å². The molecule has 5 nitrogen and oxygen atoms in total. The standard InChI is InChI=1S/C21H34O5/c1-19-7-5-13(23)9-12(19)3-4-14-15-6-8-21(26,17(25)11-22)20(15,2)10-16(24)18(14)19/h12-16,18,22-24,26H,3-11H2,1-2H3/t12-,13-,14?,15?,16+,18?,19?,20?,21+/m1/s1. The molecule has 4 saturated carbocycles. The zero-order valence-electron chi connectivity index (χ0n) is 16.0. The number of carbonyl (C=O) groups is 1. The molecule has 0 aromatic heterocycles. The number of hydrogen-bond acceptors (Lipinski definition) is 5. The van der Waals surface area contributed by atoms with E-state index in [1.54, 1.807) is 0 Å². The minimum atomic E-state index is -1.52. The van der Waals surface area contributed by atoms with Crippen molar-refractivity contribution in [2.75, 3.05) is 6.61 Å². The van der Waals surface area contributed by atoms with Crippen LogP contribution >= 0.6 is 0 Å². The van der Waals surface area contributed by atoms with Gasteiger partial charge in [-0.2, -0.15) is 0 Å². The third kappa shape index (κ3) is 2.27. The van der Waals surface area contributed by atoms with E-state index in [1.807, 2.05) is 6.92 Å². The molecule has 5 heteroatoms. The van der Waals surface area contributed by atoms with E-state index in [9.17, 15) is 25.2 Å². The molecule has 0 spiro atoms. The molecule has 0 aliphatic heterocycles. The van der Waals surface area contributed by atoms with Gasteiger partial charge in [0.1, 0.15) is 12.2 Å². The SMILES string of the molecule is CC12CC[C@@H](O)C[C@H]1CCC1C2[C@@H](O)CC2(C)C1CC[C@]2(O)C(=O)CO. The summed E-state index contributed by atoms with van der Waals surface area (Å²) in [7, 11) is 0. The van der Waals surface area contributed by atoms with Crippen LogP contribution in [0.15, 0.2) is 0 Å². The summed E-state index contributed by atoms with van der Waals surface area (Å²) >= 11 is 0. The van der Waals surface area contributed by atoms with E-state index in [-0.39, 0.29) is 23.4 Å². The van der Waals surface area contributed by atoms with Gasteiger partial charge in [-0.3, -0.25) is 4.79 Å². The van der Waals surface area contributed by atoms with Gasteiger partial charge in [-0.1, -0.05) is 13.8 Å². The van der Waals surface area contributed by atoms with E-state index in [1.165, 1.54) is 0 Å². The third-order valence-electron chi connectivity index (χ3n) is 9.33. The molecule has 0 heterocycles. The lowest BCUT2D eigenvalue weighted by Crippen LogP contribution is -2.63. The first-order valence-electron chi connectivity index (χ1n) is 10.4. The van der Waals surface area contributed by atoms with Gasteiger partial charge < -0.3 is 20.4 Å². The molecule has 0 saturated heterocycles. The summed E-state index contributed by atoms with van der Waals surface area (Å²) in [5.74, 6) is 0.653. The molecule has 0 amide bonds. The highest BCUT2D eigenvalue weighted by Gasteiger charge is 2.68. The van der Waals surface area contributed by atoms with Crippen molar-refractivity contribution in [3.8, 4) is 0 Å². The van der Waals surface area contributed by atoms with Crippen molar-refractivity contribution in [1.29, 1.82) is 0 Å². The second-order valence-corrected chi connectivity index (χ2v) is 10.2. The number of aliphatic hydroxyl groups is 4. The largest absolute Gasteiger partial charge is 0.393 e. The van der Waals surface area contributed by atoms with Crippen molar-refractivity contribution < 1.29 is 25.2 Å². The predicted octanol–water partition coefficient (Wildman–Crippen LogP) is 1.65. The maximum absolute atomic E-state index is 12.4. The fraction of sp³-hybridized carbons (Fsp3) is 0.952. The minimum Gasteiger partial charge on any atom is -0.393 e. The van der Waals surface area contributed by atoms with Crippen LogP contribution < -0.4 is 0 Å². The Morgan fingerprint density at radius 3 is 2.50 bits per heavy atom. The van der Waals surface area contributed by atoms with Crippen LogP contribution in [0.4, 0.5) is 0 Å². The number of hydrogen-bond donors (Lipinski definition) is 4. The Kier molecular flexibility index (Phi) is 4.35. The molecule has 4 fully saturated rings. The second kappa shape index (κ2) is 6.00. The monoisotopic (exact) mass is 366 g/mol. The van der Waals surface area contributed by atoms with Gasteiger partial charge in [0.2, 0.25) is 0 Å². The topological polar surface area (TPSA) is 98.0 Å². The zero-order valence-corrected chi connectivity index (χ0v) is 16.0. The van der Waals surface area contributed by atoms with Gasteiger partial charge in [0.25, 0.3) is 0 Å². The number of ketones is 1. The van der Waals surface area contributed by atoms with Crippen LogP contribution in [0, 0.1) is 34.5 Å².